The fourth-order valence-corrected chi connectivity index (χ4v) is 3.53. The number of rotatable bonds is 4. The van der Waals surface area contributed by atoms with Crippen molar-refractivity contribution in [1.82, 2.24) is 0 Å². The van der Waals surface area contributed by atoms with Crippen molar-refractivity contribution in [1.29, 1.82) is 0 Å². The molecular formula is C22H18O3. The van der Waals surface area contributed by atoms with Crippen LogP contribution in [0.4, 0.5) is 0 Å². The van der Waals surface area contributed by atoms with Crippen molar-refractivity contribution >= 4 is 44.9 Å². The number of Topliss-reactive ketones (excluding diaryl/α,β-unsaturated/α-hetero) is 1. The quantitative estimate of drug-likeness (QED) is 0.675. The Morgan fingerprint density at radius 1 is 0.960 bits per heavy atom. The van der Waals surface area contributed by atoms with Crippen molar-refractivity contribution in [2.75, 3.05) is 0 Å². The molecule has 0 spiro atoms. The Hall–Kier alpha value is -2.94. The number of ether oxygens (including phenoxy) is 1. The molecule has 3 aromatic rings. The number of carbonyl (C=O) groups is 2. The van der Waals surface area contributed by atoms with Gasteiger partial charge in [-0.2, -0.15) is 0 Å². The van der Waals surface area contributed by atoms with E-state index in [1.807, 2.05) is 31.2 Å². The minimum absolute atomic E-state index is 0.0111. The standard InChI is InChI=1S/C22H18O3/c1-3-18(23)22-17-11-14-9-5-7-13-8-6-10-15(21(13)14)16(17)12-19(22)25-20(24)4-2/h5-12H,3-4H2,1-2H3. The molecule has 3 nitrogen and oxygen atoms in total. The Morgan fingerprint density at radius 2 is 1.68 bits per heavy atom. The van der Waals surface area contributed by atoms with Gasteiger partial charge in [-0.15, -0.1) is 0 Å². The summed E-state index contributed by atoms with van der Waals surface area (Å²) in [6.45, 7) is 3.57. The van der Waals surface area contributed by atoms with E-state index in [2.05, 4.69) is 24.3 Å². The van der Waals surface area contributed by atoms with Crippen LogP contribution < -0.4 is 5.22 Å². The lowest BCUT2D eigenvalue weighted by molar-refractivity contribution is -0.138. The third kappa shape index (κ3) is 2.35. The van der Waals surface area contributed by atoms with Crippen molar-refractivity contribution in [3.05, 3.63) is 59.0 Å². The SMILES string of the molecule is CCC(=O)OC1=C(C(=O)CC)c2cc3cccc4cccc(c2=C1)c43. The predicted octanol–water partition coefficient (Wildman–Crippen LogP) is 4.15. The smallest absolute Gasteiger partial charge is 0.310 e. The Kier molecular flexibility index (Phi) is 3.65. The van der Waals surface area contributed by atoms with Crippen LogP contribution in [0.15, 0.2) is 48.2 Å². The maximum absolute atomic E-state index is 12.6. The molecule has 0 saturated heterocycles. The van der Waals surface area contributed by atoms with Crippen LogP contribution in [-0.2, 0) is 14.3 Å². The first-order valence-electron chi connectivity index (χ1n) is 8.58. The van der Waals surface area contributed by atoms with Gasteiger partial charge in [-0.1, -0.05) is 50.2 Å². The average molecular weight is 330 g/mol. The van der Waals surface area contributed by atoms with Gasteiger partial charge in [-0.3, -0.25) is 9.59 Å². The number of esters is 1. The van der Waals surface area contributed by atoms with Gasteiger partial charge in [-0.05, 0) is 44.5 Å². The van der Waals surface area contributed by atoms with E-state index in [0.717, 1.165) is 26.9 Å². The summed E-state index contributed by atoms with van der Waals surface area (Å²) in [6, 6.07) is 14.4. The molecule has 0 atom stereocenters. The Morgan fingerprint density at radius 3 is 2.40 bits per heavy atom. The second kappa shape index (κ2) is 5.85. The number of allylic oxidation sites excluding steroid dienone is 2. The van der Waals surface area contributed by atoms with E-state index in [1.54, 1.807) is 6.92 Å². The molecule has 3 heteroatoms. The zero-order valence-electron chi connectivity index (χ0n) is 14.3. The van der Waals surface area contributed by atoms with E-state index in [4.69, 9.17) is 4.74 Å². The van der Waals surface area contributed by atoms with Crippen molar-refractivity contribution in [3.63, 3.8) is 0 Å². The number of ketones is 1. The lowest BCUT2D eigenvalue weighted by Crippen LogP contribution is -2.10. The molecular weight excluding hydrogens is 312 g/mol. The third-order valence-corrected chi connectivity index (χ3v) is 4.72. The van der Waals surface area contributed by atoms with Crippen molar-refractivity contribution in [2.24, 2.45) is 0 Å². The molecule has 1 aliphatic carbocycles. The highest BCUT2D eigenvalue weighted by atomic mass is 16.5. The monoisotopic (exact) mass is 330 g/mol. The first-order chi connectivity index (χ1) is 12.1. The molecule has 0 bridgehead atoms. The van der Waals surface area contributed by atoms with E-state index in [1.165, 1.54) is 5.39 Å². The van der Waals surface area contributed by atoms with Crippen molar-refractivity contribution in [2.45, 2.75) is 26.7 Å². The third-order valence-electron chi connectivity index (χ3n) is 4.72. The Labute approximate surface area is 145 Å². The highest BCUT2D eigenvalue weighted by Gasteiger charge is 2.25. The molecule has 1 aliphatic rings. The number of carbonyl (C=O) groups excluding carboxylic acids is 2. The summed E-state index contributed by atoms with van der Waals surface area (Å²) in [5, 5.41) is 5.46. The van der Waals surface area contributed by atoms with Crippen LogP contribution in [0.1, 0.15) is 32.3 Å². The number of hydrogen-bond donors (Lipinski definition) is 0. The van der Waals surface area contributed by atoms with E-state index < -0.39 is 0 Å². The van der Waals surface area contributed by atoms with Gasteiger partial charge in [0.1, 0.15) is 5.76 Å². The highest BCUT2D eigenvalue weighted by Crippen LogP contribution is 2.32. The van der Waals surface area contributed by atoms with Crippen molar-refractivity contribution in [3.8, 4) is 0 Å². The fraction of sp³-hybridized carbons (Fsp3) is 0.182. The first-order valence-corrected chi connectivity index (χ1v) is 8.58. The molecule has 0 aliphatic heterocycles. The van der Waals surface area contributed by atoms with Gasteiger partial charge in [-0.25, -0.2) is 0 Å². The molecule has 0 aromatic heterocycles. The fourth-order valence-electron chi connectivity index (χ4n) is 3.53. The van der Waals surface area contributed by atoms with Crippen LogP contribution >= 0.6 is 0 Å². The number of hydrogen-bond acceptors (Lipinski definition) is 3. The van der Waals surface area contributed by atoms with Crippen LogP contribution in [0.5, 0.6) is 0 Å². The van der Waals surface area contributed by atoms with Gasteiger partial charge >= 0.3 is 5.97 Å². The maximum atomic E-state index is 12.6. The maximum Gasteiger partial charge on any atom is 0.310 e. The summed E-state index contributed by atoms with van der Waals surface area (Å²) < 4.78 is 5.49. The molecule has 0 saturated carbocycles. The first kappa shape index (κ1) is 15.6. The molecule has 0 heterocycles. The van der Waals surface area contributed by atoms with Gasteiger partial charge in [0, 0.05) is 12.8 Å². The summed E-state index contributed by atoms with van der Waals surface area (Å²) in [4.78, 5) is 24.4. The highest BCUT2D eigenvalue weighted by molar-refractivity contribution is 6.26. The van der Waals surface area contributed by atoms with Gasteiger partial charge in [0.05, 0.1) is 5.57 Å². The molecule has 0 amide bonds. The minimum Gasteiger partial charge on any atom is -0.426 e. The zero-order valence-corrected chi connectivity index (χ0v) is 14.3. The Balaban J connectivity index is 2.06. The lowest BCUT2D eigenvalue weighted by atomic mass is 9.93. The predicted molar refractivity (Wildman–Crippen MR) is 99.7 cm³/mol. The molecule has 0 unspecified atom stereocenters. The lowest BCUT2D eigenvalue weighted by Gasteiger charge is -2.10. The van der Waals surface area contributed by atoms with Crippen LogP contribution in [-0.4, -0.2) is 11.8 Å². The summed E-state index contributed by atoms with van der Waals surface area (Å²) in [7, 11) is 0. The molecule has 3 aromatic carbocycles. The molecule has 4 rings (SSSR count). The van der Waals surface area contributed by atoms with Gasteiger partial charge in [0.2, 0.25) is 0 Å². The average Bonchev–Trinajstić information content (AvgIpc) is 2.99. The topological polar surface area (TPSA) is 43.4 Å². The van der Waals surface area contributed by atoms with E-state index in [9.17, 15) is 9.59 Å². The number of fused-ring (bicyclic) bond motifs is 2. The summed E-state index contributed by atoms with van der Waals surface area (Å²) in [5.41, 5.74) is 1.38. The van der Waals surface area contributed by atoms with Gasteiger partial charge < -0.3 is 4.74 Å². The molecule has 0 radical (unpaired) electrons. The second-order valence-corrected chi connectivity index (χ2v) is 6.21. The normalized spacial score (nSPS) is 13.2. The second-order valence-electron chi connectivity index (χ2n) is 6.21. The largest absolute Gasteiger partial charge is 0.426 e. The molecule has 0 N–H and O–H groups in total. The summed E-state index contributed by atoms with van der Waals surface area (Å²) in [6.07, 6.45) is 2.48. The van der Waals surface area contributed by atoms with Crippen LogP contribution in [0.3, 0.4) is 0 Å². The summed E-state index contributed by atoms with van der Waals surface area (Å²) in [5.74, 6) is 0.0379. The van der Waals surface area contributed by atoms with E-state index >= 15 is 0 Å². The molecule has 25 heavy (non-hydrogen) atoms. The van der Waals surface area contributed by atoms with Crippen LogP contribution in [0.2, 0.25) is 0 Å². The Bertz CT molecular complexity index is 1110. The zero-order chi connectivity index (χ0) is 17.6. The van der Waals surface area contributed by atoms with E-state index in [-0.39, 0.29) is 18.2 Å². The molecule has 0 fully saturated rings. The van der Waals surface area contributed by atoms with E-state index in [0.29, 0.717) is 17.8 Å². The van der Waals surface area contributed by atoms with Gasteiger partial charge in [0.15, 0.2) is 5.78 Å². The van der Waals surface area contributed by atoms with Gasteiger partial charge in [0.25, 0.3) is 0 Å². The molecule has 124 valence electrons. The van der Waals surface area contributed by atoms with Crippen LogP contribution in [0.25, 0.3) is 33.2 Å². The van der Waals surface area contributed by atoms with Crippen molar-refractivity contribution < 1.29 is 14.3 Å². The minimum atomic E-state index is -0.330. The number of benzene rings is 3. The summed E-state index contributed by atoms with van der Waals surface area (Å²) >= 11 is 0. The van der Waals surface area contributed by atoms with Crippen LogP contribution in [0, 0.1) is 0 Å².